The summed E-state index contributed by atoms with van der Waals surface area (Å²) in [5.41, 5.74) is 0.991. The van der Waals surface area contributed by atoms with E-state index in [2.05, 4.69) is 6.58 Å². The first kappa shape index (κ1) is 15.3. The van der Waals surface area contributed by atoms with Crippen LogP contribution in [0.2, 0.25) is 0 Å². The SMILES string of the molecule is C=CCc1cc(OCC)ccc1OCC(=O)CCC. The lowest BCUT2D eigenvalue weighted by molar-refractivity contribution is -0.121. The molecule has 0 fully saturated rings. The summed E-state index contributed by atoms with van der Waals surface area (Å²) in [4.78, 5) is 11.5. The molecular formula is C16H22O3. The van der Waals surface area contributed by atoms with Gasteiger partial charge in [0.2, 0.25) is 0 Å². The molecule has 0 aromatic heterocycles. The van der Waals surface area contributed by atoms with E-state index in [0.29, 0.717) is 19.4 Å². The normalized spacial score (nSPS) is 10.0. The van der Waals surface area contributed by atoms with Crippen LogP contribution in [0.4, 0.5) is 0 Å². The minimum absolute atomic E-state index is 0.126. The van der Waals surface area contributed by atoms with Crippen LogP contribution in [0.1, 0.15) is 32.3 Å². The number of hydrogen-bond acceptors (Lipinski definition) is 3. The van der Waals surface area contributed by atoms with Crippen LogP contribution in [-0.4, -0.2) is 19.0 Å². The number of carbonyl (C=O) groups is 1. The predicted octanol–water partition coefficient (Wildman–Crippen LogP) is 3.56. The van der Waals surface area contributed by atoms with E-state index in [1.54, 1.807) is 0 Å². The van der Waals surface area contributed by atoms with Gasteiger partial charge in [-0.15, -0.1) is 6.58 Å². The summed E-state index contributed by atoms with van der Waals surface area (Å²) in [5.74, 6) is 1.67. The Bertz CT molecular complexity index is 424. The van der Waals surface area contributed by atoms with Gasteiger partial charge in [0.05, 0.1) is 6.61 Å². The largest absolute Gasteiger partial charge is 0.494 e. The summed E-state index contributed by atoms with van der Waals surface area (Å²) in [6.45, 7) is 8.42. The van der Waals surface area contributed by atoms with Crippen molar-refractivity contribution in [2.24, 2.45) is 0 Å². The van der Waals surface area contributed by atoms with Gasteiger partial charge < -0.3 is 9.47 Å². The number of benzene rings is 1. The number of hydrogen-bond donors (Lipinski definition) is 0. The zero-order valence-corrected chi connectivity index (χ0v) is 11.8. The highest BCUT2D eigenvalue weighted by Gasteiger charge is 2.07. The third-order valence-electron chi connectivity index (χ3n) is 2.62. The Balaban J connectivity index is 2.75. The average molecular weight is 262 g/mol. The molecule has 3 heteroatoms. The van der Waals surface area contributed by atoms with Crippen molar-refractivity contribution in [3.8, 4) is 11.5 Å². The van der Waals surface area contributed by atoms with E-state index in [1.165, 1.54) is 0 Å². The average Bonchev–Trinajstić information content (AvgIpc) is 2.39. The lowest BCUT2D eigenvalue weighted by Crippen LogP contribution is -2.11. The van der Waals surface area contributed by atoms with Gasteiger partial charge in [-0.1, -0.05) is 13.0 Å². The number of ether oxygens (including phenoxy) is 2. The van der Waals surface area contributed by atoms with Crippen molar-refractivity contribution in [3.63, 3.8) is 0 Å². The van der Waals surface area contributed by atoms with Gasteiger partial charge in [-0.25, -0.2) is 0 Å². The van der Waals surface area contributed by atoms with Gasteiger partial charge in [0.1, 0.15) is 18.1 Å². The molecule has 0 spiro atoms. The van der Waals surface area contributed by atoms with E-state index in [-0.39, 0.29) is 12.4 Å². The monoisotopic (exact) mass is 262 g/mol. The van der Waals surface area contributed by atoms with Gasteiger partial charge in [0.25, 0.3) is 0 Å². The molecule has 0 aliphatic carbocycles. The molecule has 0 heterocycles. The molecular weight excluding hydrogens is 240 g/mol. The minimum Gasteiger partial charge on any atom is -0.494 e. The Hall–Kier alpha value is -1.77. The summed E-state index contributed by atoms with van der Waals surface area (Å²) in [6.07, 6.45) is 3.92. The lowest BCUT2D eigenvalue weighted by atomic mass is 10.1. The van der Waals surface area contributed by atoms with E-state index in [4.69, 9.17) is 9.47 Å². The topological polar surface area (TPSA) is 35.5 Å². The fourth-order valence-electron chi connectivity index (χ4n) is 1.78. The molecule has 1 aromatic rings. The molecule has 0 atom stereocenters. The Morgan fingerprint density at radius 2 is 2.11 bits per heavy atom. The standard InChI is InChI=1S/C16H22O3/c1-4-7-13-11-15(18-6-3)9-10-16(13)19-12-14(17)8-5-2/h4,9-11H,1,5-8,12H2,2-3H3. The molecule has 1 rings (SSSR count). The van der Waals surface area contributed by atoms with Crippen LogP contribution in [0, 0.1) is 0 Å². The second-order valence-corrected chi connectivity index (χ2v) is 4.27. The van der Waals surface area contributed by atoms with E-state index in [9.17, 15) is 4.79 Å². The fourth-order valence-corrected chi connectivity index (χ4v) is 1.78. The molecule has 0 amide bonds. The molecule has 0 bridgehead atoms. The molecule has 0 unspecified atom stereocenters. The van der Waals surface area contributed by atoms with Crippen molar-refractivity contribution in [1.82, 2.24) is 0 Å². The number of Topliss-reactive ketones (excluding diaryl/α,β-unsaturated/α-hetero) is 1. The van der Waals surface area contributed by atoms with Gasteiger partial charge >= 0.3 is 0 Å². The third-order valence-corrected chi connectivity index (χ3v) is 2.62. The highest BCUT2D eigenvalue weighted by Crippen LogP contribution is 2.25. The number of carbonyl (C=O) groups excluding carboxylic acids is 1. The second-order valence-electron chi connectivity index (χ2n) is 4.27. The Labute approximate surface area is 115 Å². The van der Waals surface area contributed by atoms with Crippen LogP contribution in [0.15, 0.2) is 30.9 Å². The van der Waals surface area contributed by atoms with Gasteiger partial charge in [-0.05, 0) is 38.0 Å². The predicted molar refractivity (Wildman–Crippen MR) is 76.9 cm³/mol. The minimum atomic E-state index is 0.126. The number of rotatable bonds is 9. The van der Waals surface area contributed by atoms with Gasteiger partial charge in [0.15, 0.2) is 5.78 Å². The van der Waals surface area contributed by atoms with Crippen molar-refractivity contribution >= 4 is 5.78 Å². The molecule has 19 heavy (non-hydrogen) atoms. The Kier molecular flexibility index (Phi) is 6.72. The third kappa shape index (κ3) is 5.16. The van der Waals surface area contributed by atoms with Crippen molar-refractivity contribution in [3.05, 3.63) is 36.4 Å². The van der Waals surface area contributed by atoms with Crippen LogP contribution in [0.25, 0.3) is 0 Å². The summed E-state index contributed by atoms with van der Waals surface area (Å²) < 4.78 is 11.0. The summed E-state index contributed by atoms with van der Waals surface area (Å²) >= 11 is 0. The summed E-state index contributed by atoms with van der Waals surface area (Å²) in [6, 6.07) is 5.64. The molecule has 0 saturated carbocycles. The smallest absolute Gasteiger partial charge is 0.170 e. The zero-order valence-electron chi connectivity index (χ0n) is 11.8. The summed E-state index contributed by atoms with van der Waals surface area (Å²) in [5, 5.41) is 0. The fraction of sp³-hybridized carbons (Fsp3) is 0.438. The van der Waals surface area contributed by atoms with Crippen molar-refractivity contribution in [2.75, 3.05) is 13.2 Å². The first-order valence-electron chi connectivity index (χ1n) is 6.72. The van der Waals surface area contributed by atoms with Crippen LogP contribution >= 0.6 is 0 Å². The maximum Gasteiger partial charge on any atom is 0.170 e. The van der Waals surface area contributed by atoms with Gasteiger partial charge in [0, 0.05) is 12.0 Å². The van der Waals surface area contributed by atoms with Gasteiger partial charge in [-0.3, -0.25) is 4.79 Å². The molecule has 0 saturated heterocycles. The molecule has 1 aromatic carbocycles. The maximum absolute atomic E-state index is 11.5. The molecule has 3 nitrogen and oxygen atoms in total. The van der Waals surface area contributed by atoms with Crippen LogP contribution in [0.3, 0.4) is 0 Å². The van der Waals surface area contributed by atoms with Crippen molar-refractivity contribution in [1.29, 1.82) is 0 Å². The Morgan fingerprint density at radius 1 is 1.32 bits per heavy atom. The second kappa shape index (κ2) is 8.35. The van der Waals surface area contributed by atoms with E-state index in [0.717, 1.165) is 23.5 Å². The molecule has 104 valence electrons. The number of allylic oxidation sites excluding steroid dienone is 1. The maximum atomic E-state index is 11.5. The van der Waals surface area contributed by atoms with Crippen LogP contribution in [-0.2, 0) is 11.2 Å². The Morgan fingerprint density at radius 3 is 2.74 bits per heavy atom. The van der Waals surface area contributed by atoms with Crippen molar-refractivity contribution in [2.45, 2.75) is 33.1 Å². The van der Waals surface area contributed by atoms with Crippen molar-refractivity contribution < 1.29 is 14.3 Å². The van der Waals surface area contributed by atoms with E-state index in [1.807, 2.05) is 38.1 Å². The van der Waals surface area contributed by atoms with Crippen LogP contribution < -0.4 is 9.47 Å². The lowest BCUT2D eigenvalue weighted by Gasteiger charge is -2.12. The zero-order chi connectivity index (χ0) is 14.1. The number of ketones is 1. The van der Waals surface area contributed by atoms with E-state index >= 15 is 0 Å². The molecule has 0 aliphatic heterocycles. The van der Waals surface area contributed by atoms with Gasteiger partial charge in [-0.2, -0.15) is 0 Å². The van der Waals surface area contributed by atoms with E-state index < -0.39 is 0 Å². The highest BCUT2D eigenvalue weighted by atomic mass is 16.5. The quantitative estimate of drug-likeness (QED) is 0.638. The highest BCUT2D eigenvalue weighted by molar-refractivity contribution is 5.79. The first-order chi connectivity index (χ1) is 9.21. The molecule has 0 aliphatic rings. The van der Waals surface area contributed by atoms with Crippen LogP contribution in [0.5, 0.6) is 11.5 Å². The molecule has 0 N–H and O–H groups in total. The molecule has 0 radical (unpaired) electrons. The summed E-state index contributed by atoms with van der Waals surface area (Å²) in [7, 11) is 0. The first-order valence-corrected chi connectivity index (χ1v) is 6.72.